The second-order valence-electron chi connectivity index (χ2n) is 9.56. The molecule has 2 aliphatic heterocycles. The number of phosphoric ester groups is 1. The standard InChI is InChI=1S/C20H25N10O11P.HOPS/c21-14-8-15(24-3-23-14)29(4-25-8)18-12(34)10(32)7(40-18)2-38-42(36,37)41-13-11(33)6(1-31)39-19(13)30-5-26-9-16(30)27-20(22)28-17(9)35;1-2-3/h3-7,10-13,18-19,31-34H,1-2H2,(H,36,37)(H2,21,23,24)(H3,22,27,28,35);(H,1,3)/t6-,7-,10-,11-,12-,13-,18-,19-;/m1./s1. The van der Waals surface area contributed by atoms with E-state index in [1.807, 2.05) is 0 Å². The minimum Gasteiger partial charge on any atom is -0.394 e. The summed E-state index contributed by atoms with van der Waals surface area (Å²) in [6.45, 7) is -1.44. The molecule has 45 heavy (non-hydrogen) atoms. The van der Waals surface area contributed by atoms with Gasteiger partial charge in [-0.3, -0.25) is 32.5 Å². The normalized spacial score (nSPS) is 29.6. The molecule has 0 radical (unpaired) electrons. The van der Waals surface area contributed by atoms with Crippen LogP contribution >= 0.6 is 27.7 Å². The van der Waals surface area contributed by atoms with Gasteiger partial charge >= 0.3 is 7.82 Å². The summed E-state index contributed by atoms with van der Waals surface area (Å²) in [4.78, 5) is 44.9. The molecule has 9 atom stereocenters. The van der Waals surface area contributed by atoms with Crippen LogP contribution in [0.4, 0.5) is 11.8 Å². The van der Waals surface area contributed by atoms with E-state index in [0.29, 0.717) is 0 Å². The first-order valence-electron chi connectivity index (χ1n) is 12.6. The molecule has 2 aliphatic rings. The van der Waals surface area contributed by atoms with Gasteiger partial charge in [0.1, 0.15) is 48.5 Å². The number of aliphatic hydroxyl groups is 4. The van der Waals surface area contributed by atoms with Gasteiger partial charge in [-0.05, 0) is 0 Å². The molecule has 4 aromatic rings. The number of aromatic amines is 1. The van der Waals surface area contributed by atoms with Gasteiger partial charge in [-0.1, -0.05) is 12.2 Å². The van der Waals surface area contributed by atoms with E-state index in [2.05, 4.69) is 42.2 Å². The first-order valence-corrected chi connectivity index (χ1v) is 16.1. The van der Waals surface area contributed by atoms with Gasteiger partial charge in [0.25, 0.3) is 5.56 Å². The van der Waals surface area contributed by atoms with Crippen LogP contribution in [0.25, 0.3) is 22.3 Å². The van der Waals surface area contributed by atoms with E-state index in [9.17, 15) is 34.7 Å². The van der Waals surface area contributed by atoms with Gasteiger partial charge in [0, 0.05) is 0 Å². The van der Waals surface area contributed by atoms with Crippen molar-refractivity contribution in [1.29, 1.82) is 0 Å². The number of hydrogen-bond donors (Lipinski definition) is 9. The Morgan fingerprint density at radius 2 is 1.64 bits per heavy atom. The number of nitrogens with one attached hydrogen (secondary N) is 1. The predicted octanol–water partition coefficient (Wildman–Crippen LogP) is -2.38. The van der Waals surface area contributed by atoms with Crippen LogP contribution < -0.4 is 17.0 Å². The number of phosphoric acid groups is 1. The Hall–Kier alpha value is -3.18. The maximum Gasteiger partial charge on any atom is 0.472 e. The Kier molecular flexibility index (Phi) is 9.79. The highest BCUT2D eigenvalue weighted by Crippen LogP contribution is 2.50. The number of fused-ring (bicyclic) bond motifs is 2. The van der Waals surface area contributed by atoms with Crippen LogP contribution in [0.5, 0.6) is 0 Å². The molecule has 0 spiro atoms. The minimum absolute atomic E-state index is 0.0830. The van der Waals surface area contributed by atoms with Crippen molar-refractivity contribution in [3.63, 3.8) is 0 Å². The van der Waals surface area contributed by atoms with Crippen molar-refractivity contribution in [2.24, 2.45) is 0 Å². The van der Waals surface area contributed by atoms with E-state index in [4.69, 9.17) is 34.6 Å². The fourth-order valence-corrected chi connectivity index (χ4v) is 5.77. The quantitative estimate of drug-likeness (QED) is 0.0687. The Bertz CT molecular complexity index is 1790. The van der Waals surface area contributed by atoms with Gasteiger partial charge in [-0.2, -0.15) is 4.98 Å². The van der Waals surface area contributed by atoms with Crippen LogP contribution in [0.15, 0.2) is 23.8 Å². The molecule has 6 heterocycles. The fourth-order valence-electron chi connectivity index (χ4n) is 4.84. The fraction of sp³-hybridized carbons (Fsp3) is 0.500. The third-order valence-corrected chi connectivity index (χ3v) is 7.86. The number of rotatable bonds is 8. The van der Waals surface area contributed by atoms with Crippen LogP contribution in [-0.4, -0.2) is 114 Å². The maximum absolute atomic E-state index is 13.0. The highest BCUT2D eigenvalue weighted by Gasteiger charge is 2.50. The van der Waals surface area contributed by atoms with Crippen molar-refractivity contribution >= 4 is 61.8 Å². The van der Waals surface area contributed by atoms with Crippen LogP contribution in [-0.2, 0) is 27.7 Å². The van der Waals surface area contributed by atoms with Crippen molar-refractivity contribution < 1.29 is 53.0 Å². The third-order valence-electron chi connectivity index (χ3n) is 6.87. The number of ether oxygens (including phenoxy) is 2. The monoisotopic (exact) mass is 692 g/mol. The van der Waals surface area contributed by atoms with Crippen molar-refractivity contribution in [1.82, 2.24) is 39.0 Å². The number of nitrogen functional groups attached to an aromatic ring is 2. The van der Waals surface area contributed by atoms with Crippen molar-refractivity contribution in [3.05, 3.63) is 29.3 Å². The number of imidazole rings is 2. The SMILES string of the molecule is Nc1nc2c(ncn2[C@@H]2O[C@H](CO)[C@@H](O)[C@H]2OP(=O)(O)OC[C@H]2O[C@@H](n3cnc4c(N)ncnc43)[C@H](O)[C@@H]2O)c(=O)[nH]1.O=PS. The molecule has 2 saturated heterocycles. The molecule has 6 rings (SSSR count). The van der Waals surface area contributed by atoms with E-state index < -0.39 is 75.7 Å². The lowest BCUT2D eigenvalue weighted by molar-refractivity contribution is -0.0615. The average Bonchev–Trinajstić information content (AvgIpc) is 3.74. The number of aliphatic hydroxyl groups excluding tert-OH is 4. The summed E-state index contributed by atoms with van der Waals surface area (Å²) in [6, 6.07) is 0. The molecule has 1 unspecified atom stereocenters. The molecule has 244 valence electrons. The molecule has 4 aromatic heterocycles. The van der Waals surface area contributed by atoms with Crippen LogP contribution in [0.1, 0.15) is 12.5 Å². The number of nitrogens with two attached hydrogens (primary N) is 2. The van der Waals surface area contributed by atoms with Crippen molar-refractivity contribution in [2.45, 2.75) is 49.1 Å². The Morgan fingerprint density at radius 1 is 1.00 bits per heavy atom. The number of hydrogen-bond acceptors (Lipinski definition) is 18. The summed E-state index contributed by atoms with van der Waals surface area (Å²) < 4.78 is 45.8. The van der Waals surface area contributed by atoms with E-state index in [0.717, 1.165) is 10.9 Å². The number of anilines is 2. The summed E-state index contributed by atoms with van der Waals surface area (Å²) in [5.74, 6) is -0.171. The molecule has 0 saturated carbocycles. The molecule has 0 bridgehead atoms. The Balaban J connectivity index is 0.00000128. The number of aromatic nitrogens is 8. The van der Waals surface area contributed by atoms with Gasteiger partial charge in [-0.15, -0.1) is 0 Å². The Morgan fingerprint density at radius 3 is 2.33 bits per heavy atom. The van der Waals surface area contributed by atoms with Crippen LogP contribution in [0.2, 0.25) is 0 Å². The second kappa shape index (κ2) is 13.3. The molecular formula is C20H26N10O12P2S. The predicted molar refractivity (Wildman–Crippen MR) is 152 cm³/mol. The minimum atomic E-state index is -5.06. The summed E-state index contributed by atoms with van der Waals surface area (Å²) in [5, 5.41) is 41.5. The zero-order valence-electron chi connectivity index (χ0n) is 22.5. The summed E-state index contributed by atoms with van der Waals surface area (Å²) in [6.07, 6.45) is -8.05. The van der Waals surface area contributed by atoms with Gasteiger partial charge in [0.05, 0.1) is 25.9 Å². The summed E-state index contributed by atoms with van der Waals surface area (Å²) in [7, 11) is -5.20. The smallest absolute Gasteiger partial charge is 0.394 e. The first kappa shape index (κ1) is 33.2. The lowest BCUT2D eigenvalue weighted by atomic mass is 10.1. The molecule has 25 heteroatoms. The molecule has 2 fully saturated rings. The molecule has 0 aromatic carbocycles. The summed E-state index contributed by atoms with van der Waals surface area (Å²) in [5.41, 5.74) is 11.0. The zero-order chi connectivity index (χ0) is 32.6. The van der Waals surface area contributed by atoms with Crippen molar-refractivity contribution in [3.8, 4) is 0 Å². The van der Waals surface area contributed by atoms with Gasteiger partial charge < -0.3 is 46.3 Å². The van der Waals surface area contributed by atoms with Crippen molar-refractivity contribution in [2.75, 3.05) is 24.7 Å². The number of nitrogens with zero attached hydrogens (tertiary/aromatic N) is 7. The van der Waals surface area contributed by atoms with Gasteiger partial charge in [0.15, 0.2) is 35.1 Å². The zero-order valence-corrected chi connectivity index (χ0v) is 25.2. The largest absolute Gasteiger partial charge is 0.472 e. The molecule has 0 aliphatic carbocycles. The van der Waals surface area contributed by atoms with Gasteiger partial charge in [-0.25, -0.2) is 24.5 Å². The molecule has 22 nitrogen and oxygen atoms in total. The molecule has 0 amide bonds. The molecular weight excluding hydrogens is 666 g/mol. The average molecular weight is 693 g/mol. The van der Waals surface area contributed by atoms with E-state index in [-0.39, 0.29) is 41.8 Å². The summed E-state index contributed by atoms with van der Waals surface area (Å²) >= 11 is 3.21. The highest BCUT2D eigenvalue weighted by atomic mass is 32.7. The third kappa shape index (κ3) is 6.43. The maximum atomic E-state index is 13.0. The highest BCUT2D eigenvalue weighted by molar-refractivity contribution is 8.33. The van der Waals surface area contributed by atoms with E-state index >= 15 is 0 Å². The first-order chi connectivity index (χ1) is 21.4. The van der Waals surface area contributed by atoms with Gasteiger partial charge in [0.2, 0.25) is 13.6 Å². The molecule has 10 N–H and O–H groups in total. The second-order valence-corrected chi connectivity index (χ2v) is 11.6. The van der Waals surface area contributed by atoms with E-state index in [1.54, 1.807) is 0 Å². The lowest BCUT2D eigenvalue weighted by Gasteiger charge is -2.24. The van der Waals surface area contributed by atoms with E-state index in [1.165, 1.54) is 17.2 Å². The van der Waals surface area contributed by atoms with Crippen LogP contribution in [0, 0.1) is 0 Å². The number of thiol groups is 1. The number of H-pyrrole nitrogens is 1. The topological polar surface area (TPSA) is 331 Å². The van der Waals surface area contributed by atoms with Crippen LogP contribution in [0.3, 0.4) is 0 Å². The lowest BCUT2D eigenvalue weighted by Crippen LogP contribution is -2.36. The Labute approximate surface area is 256 Å².